The van der Waals surface area contributed by atoms with Crippen molar-refractivity contribution in [3.63, 3.8) is 0 Å². The summed E-state index contributed by atoms with van der Waals surface area (Å²) >= 11 is 0. The van der Waals surface area contributed by atoms with Crippen molar-refractivity contribution in [2.45, 2.75) is 43.2 Å². The van der Waals surface area contributed by atoms with Crippen LogP contribution in [0.3, 0.4) is 0 Å². The molecule has 1 aliphatic carbocycles. The highest BCUT2D eigenvalue weighted by molar-refractivity contribution is 7.89. The Morgan fingerprint density at radius 1 is 1.07 bits per heavy atom. The lowest BCUT2D eigenvalue weighted by Crippen LogP contribution is -2.42. The summed E-state index contributed by atoms with van der Waals surface area (Å²) in [6.07, 6.45) is 12.1. The minimum atomic E-state index is -3.46. The Morgan fingerprint density at radius 2 is 1.90 bits per heavy atom. The van der Waals surface area contributed by atoms with Crippen LogP contribution in [-0.2, 0) is 10.0 Å². The maximum atomic E-state index is 12.8. The van der Waals surface area contributed by atoms with Crippen molar-refractivity contribution < 1.29 is 8.42 Å². The molecule has 3 aliphatic rings. The van der Waals surface area contributed by atoms with E-state index in [1.165, 1.54) is 42.2 Å². The van der Waals surface area contributed by atoms with Crippen LogP contribution in [0.4, 0.5) is 0 Å². The fraction of sp³-hybridized carbons (Fsp3) is 0.455. The molecule has 1 spiro atoms. The number of aromatic nitrogens is 4. The van der Waals surface area contributed by atoms with Crippen LogP contribution in [0, 0.1) is 11.3 Å². The first-order chi connectivity index (χ1) is 14.6. The Balaban J connectivity index is 1.21. The molecular formula is C22H25N5O2S. The summed E-state index contributed by atoms with van der Waals surface area (Å²) in [5.41, 5.74) is 4.19. The minimum Gasteiger partial charge on any atom is -0.335 e. The lowest BCUT2D eigenvalue weighted by Gasteiger charge is -2.39. The second kappa shape index (κ2) is 6.52. The third-order valence-corrected chi connectivity index (χ3v) is 9.41. The Kier molecular flexibility index (Phi) is 3.98. The van der Waals surface area contributed by atoms with E-state index in [4.69, 9.17) is 0 Å². The summed E-state index contributed by atoms with van der Waals surface area (Å²) in [5, 5.41) is 0.193. The molecule has 0 amide bonds. The van der Waals surface area contributed by atoms with Gasteiger partial charge in [0.2, 0.25) is 0 Å². The first-order valence-corrected chi connectivity index (χ1v) is 12.1. The van der Waals surface area contributed by atoms with Gasteiger partial charge in [-0.15, -0.1) is 0 Å². The van der Waals surface area contributed by atoms with Crippen LogP contribution in [0.1, 0.15) is 43.7 Å². The van der Waals surface area contributed by atoms with Gasteiger partial charge in [0.1, 0.15) is 0 Å². The number of rotatable bonds is 3. The Hall–Kier alpha value is -2.45. The Bertz CT molecular complexity index is 1180. The highest BCUT2D eigenvalue weighted by Gasteiger charge is 2.47. The SMILES string of the molecule is O=S(=O)(c1cnc[nH]1)N1CCC2(CCC(C3c4ccccc4-c4cncn43)C2)CC1. The molecule has 2 aromatic heterocycles. The minimum absolute atomic E-state index is 0.193. The number of benzene rings is 1. The predicted octanol–water partition coefficient (Wildman–Crippen LogP) is 3.45. The van der Waals surface area contributed by atoms with Crippen LogP contribution >= 0.6 is 0 Å². The summed E-state index contributed by atoms with van der Waals surface area (Å²) in [4.78, 5) is 11.0. The van der Waals surface area contributed by atoms with Gasteiger partial charge in [-0.1, -0.05) is 24.3 Å². The molecule has 1 N–H and O–H groups in total. The van der Waals surface area contributed by atoms with Crippen molar-refractivity contribution >= 4 is 10.0 Å². The number of piperidine rings is 1. The molecule has 2 unspecified atom stereocenters. The maximum absolute atomic E-state index is 12.8. The van der Waals surface area contributed by atoms with Crippen molar-refractivity contribution in [3.05, 3.63) is 54.9 Å². The molecule has 3 aromatic rings. The molecule has 2 aliphatic heterocycles. The van der Waals surface area contributed by atoms with Gasteiger partial charge in [-0.05, 0) is 49.0 Å². The number of fused-ring (bicyclic) bond motifs is 3. The lowest BCUT2D eigenvalue weighted by atomic mass is 9.76. The zero-order valence-corrected chi connectivity index (χ0v) is 17.6. The number of sulfonamides is 1. The molecule has 156 valence electrons. The van der Waals surface area contributed by atoms with Crippen molar-refractivity contribution in [1.82, 2.24) is 23.8 Å². The summed E-state index contributed by atoms with van der Waals surface area (Å²) in [6, 6.07) is 9.05. The van der Waals surface area contributed by atoms with Gasteiger partial charge in [-0.3, -0.25) is 0 Å². The van der Waals surface area contributed by atoms with Crippen LogP contribution < -0.4 is 0 Å². The quantitative estimate of drug-likeness (QED) is 0.699. The molecule has 8 heteroatoms. The van der Waals surface area contributed by atoms with E-state index in [2.05, 4.69) is 43.8 Å². The summed E-state index contributed by atoms with van der Waals surface area (Å²) in [7, 11) is -3.46. The van der Waals surface area contributed by atoms with Crippen LogP contribution in [0.15, 0.2) is 54.3 Å². The fourth-order valence-electron chi connectivity index (χ4n) is 6.05. The number of hydrogen-bond donors (Lipinski definition) is 1. The molecule has 2 atom stereocenters. The van der Waals surface area contributed by atoms with Gasteiger partial charge in [0.05, 0.1) is 36.8 Å². The second-order valence-corrected chi connectivity index (χ2v) is 10.9. The van der Waals surface area contributed by atoms with Gasteiger partial charge in [-0.25, -0.2) is 18.4 Å². The monoisotopic (exact) mass is 423 g/mol. The average Bonchev–Trinajstić information content (AvgIpc) is 3.53. The first kappa shape index (κ1) is 18.3. The largest absolute Gasteiger partial charge is 0.335 e. The van der Waals surface area contributed by atoms with E-state index in [0.717, 1.165) is 19.3 Å². The number of nitrogens with zero attached hydrogens (tertiary/aromatic N) is 4. The van der Waals surface area contributed by atoms with Gasteiger partial charge in [0.25, 0.3) is 10.0 Å². The first-order valence-electron chi connectivity index (χ1n) is 10.7. The van der Waals surface area contributed by atoms with E-state index in [1.807, 2.05) is 12.5 Å². The third kappa shape index (κ3) is 2.63. The van der Waals surface area contributed by atoms with Crippen LogP contribution in [0.2, 0.25) is 0 Å². The number of hydrogen-bond acceptors (Lipinski definition) is 4. The highest BCUT2D eigenvalue weighted by atomic mass is 32.2. The molecule has 1 saturated heterocycles. The van der Waals surface area contributed by atoms with Gasteiger partial charge in [0, 0.05) is 18.7 Å². The number of imidazole rings is 2. The number of nitrogens with one attached hydrogen (secondary N) is 1. The van der Waals surface area contributed by atoms with Crippen LogP contribution in [0.25, 0.3) is 11.3 Å². The van der Waals surface area contributed by atoms with Gasteiger partial charge in [-0.2, -0.15) is 4.31 Å². The molecule has 0 bridgehead atoms. The van der Waals surface area contributed by atoms with Gasteiger partial charge < -0.3 is 9.55 Å². The zero-order chi connectivity index (χ0) is 20.3. The van der Waals surface area contributed by atoms with Crippen molar-refractivity contribution in [1.29, 1.82) is 0 Å². The molecule has 30 heavy (non-hydrogen) atoms. The lowest BCUT2D eigenvalue weighted by molar-refractivity contribution is 0.150. The molecule has 4 heterocycles. The molecule has 6 rings (SSSR count). The Morgan fingerprint density at radius 3 is 2.70 bits per heavy atom. The van der Waals surface area contributed by atoms with Gasteiger partial charge >= 0.3 is 0 Å². The highest BCUT2D eigenvalue weighted by Crippen LogP contribution is 2.55. The molecule has 7 nitrogen and oxygen atoms in total. The van der Waals surface area contributed by atoms with Crippen molar-refractivity contribution in [2.24, 2.45) is 11.3 Å². The van der Waals surface area contributed by atoms with Crippen LogP contribution in [-0.4, -0.2) is 45.3 Å². The summed E-state index contributed by atoms with van der Waals surface area (Å²) in [6.45, 7) is 1.18. The van der Waals surface area contributed by atoms with E-state index < -0.39 is 10.0 Å². The molecule has 1 saturated carbocycles. The topological polar surface area (TPSA) is 83.9 Å². The number of aromatic amines is 1. The fourth-order valence-corrected chi connectivity index (χ4v) is 7.39. The third-order valence-electron chi connectivity index (χ3n) is 7.58. The van der Waals surface area contributed by atoms with Gasteiger partial charge in [0.15, 0.2) is 5.03 Å². The molecule has 0 radical (unpaired) electrons. The molecule has 1 aromatic carbocycles. The predicted molar refractivity (Wildman–Crippen MR) is 112 cm³/mol. The standard InChI is InChI=1S/C22H25N5O2S/c28-30(29,20-13-23-14-25-20)26-9-7-22(8-10-26)6-5-16(11-22)21-18-4-2-1-3-17(18)19-12-24-15-27(19)21/h1-4,12-16,21H,5-11H2,(H,23,25). The van der Waals surface area contributed by atoms with E-state index >= 15 is 0 Å². The molecular weight excluding hydrogens is 398 g/mol. The second-order valence-electron chi connectivity index (χ2n) is 9.04. The normalized spacial score (nSPS) is 25.5. The van der Waals surface area contributed by atoms with E-state index in [-0.39, 0.29) is 10.4 Å². The number of H-pyrrole nitrogens is 1. The van der Waals surface area contributed by atoms with E-state index in [0.29, 0.717) is 25.0 Å². The summed E-state index contributed by atoms with van der Waals surface area (Å²) < 4.78 is 29.6. The zero-order valence-electron chi connectivity index (χ0n) is 16.7. The Labute approximate surface area is 176 Å². The van der Waals surface area contributed by atoms with E-state index in [1.54, 1.807) is 4.31 Å². The average molecular weight is 424 g/mol. The maximum Gasteiger partial charge on any atom is 0.260 e. The van der Waals surface area contributed by atoms with E-state index in [9.17, 15) is 8.42 Å². The van der Waals surface area contributed by atoms with Crippen molar-refractivity contribution in [2.75, 3.05) is 13.1 Å². The molecule has 2 fully saturated rings. The summed E-state index contributed by atoms with van der Waals surface area (Å²) in [5.74, 6) is 0.567. The smallest absolute Gasteiger partial charge is 0.260 e. The van der Waals surface area contributed by atoms with Crippen LogP contribution in [0.5, 0.6) is 0 Å². The van der Waals surface area contributed by atoms with Crippen molar-refractivity contribution in [3.8, 4) is 11.3 Å².